The molecule has 0 spiro atoms. The summed E-state index contributed by atoms with van der Waals surface area (Å²) in [4.78, 5) is 2.16. The van der Waals surface area contributed by atoms with Gasteiger partial charge in [-0.25, -0.2) is 0 Å². The van der Waals surface area contributed by atoms with Gasteiger partial charge in [0.25, 0.3) is 0 Å². The van der Waals surface area contributed by atoms with Crippen molar-refractivity contribution in [3.05, 3.63) is 27.8 Å². The predicted octanol–water partition coefficient (Wildman–Crippen LogP) is 3.03. The summed E-state index contributed by atoms with van der Waals surface area (Å²) in [5.41, 5.74) is 5.21. The number of hydrogen-bond acceptors (Lipinski definition) is 3. The summed E-state index contributed by atoms with van der Waals surface area (Å²) in [5, 5.41) is 4.33. The Bertz CT molecular complexity index is 344. The molecule has 0 heterocycles. The summed E-state index contributed by atoms with van der Waals surface area (Å²) in [5.74, 6) is 0. The second-order valence-corrected chi connectivity index (χ2v) is 5.26. The third kappa shape index (κ3) is 5.46. The summed E-state index contributed by atoms with van der Waals surface area (Å²) in [6.45, 7) is 3.08. The normalized spacial score (nSPS) is 11.9. The van der Waals surface area contributed by atoms with Gasteiger partial charge in [-0.2, -0.15) is 5.10 Å². The molecule has 88 valence electrons. The molecule has 0 fully saturated rings. The van der Waals surface area contributed by atoms with Gasteiger partial charge >= 0.3 is 0 Å². The van der Waals surface area contributed by atoms with Gasteiger partial charge in [-0.15, -0.1) is 0 Å². The SMILES string of the molecule is C/C(CCN(C)C)=N\Nc1ccc(I)cc1. The molecule has 0 saturated heterocycles. The van der Waals surface area contributed by atoms with Crippen LogP contribution < -0.4 is 5.43 Å². The van der Waals surface area contributed by atoms with Gasteiger partial charge in [0.05, 0.1) is 5.69 Å². The van der Waals surface area contributed by atoms with Crippen molar-refractivity contribution in [1.29, 1.82) is 0 Å². The lowest BCUT2D eigenvalue weighted by Gasteiger charge is -2.08. The standard InChI is InChI=1S/C12H18IN3/c1-10(8-9-16(2)3)14-15-12-6-4-11(13)5-7-12/h4-7,15H,8-9H2,1-3H3/b14-10+. The van der Waals surface area contributed by atoms with E-state index in [0.717, 1.165) is 24.4 Å². The average molecular weight is 331 g/mol. The second-order valence-electron chi connectivity index (χ2n) is 4.02. The van der Waals surface area contributed by atoms with Crippen LogP contribution in [-0.2, 0) is 0 Å². The first kappa shape index (κ1) is 13.4. The summed E-state index contributed by atoms with van der Waals surface area (Å²) >= 11 is 2.29. The molecule has 0 aliphatic carbocycles. The van der Waals surface area contributed by atoms with Crippen LogP contribution in [0.1, 0.15) is 13.3 Å². The zero-order valence-corrected chi connectivity index (χ0v) is 12.2. The Morgan fingerprint density at radius 2 is 1.94 bits per heavy atom. The van der Waals surface area contributed by atoms with Gasteiger partial charge in [0.2, 0.25) is 0 Å². The fraction of sp³-hybridized carbons (Fsp3) is 0.417. The van der Waals surface area contributed by atoms with Gasteiger partial charge in [0.1, 0.15) is 0 Å². The number of halogens is 1. The van der Waals surface area contributed by atoms with Crippen LogP contribution in [0.25, 0.3) is 0 Å². The highest BCUT2D eigenvalue weighted by molar-refractivity contribution is 14.1. The van der Waals surface area contributed by atoms with Crippen LogP contribution >= 0.6 is 22.6 Å². The van der Waals surface area contributed by atoms with Crippen molar-refractivity contribution in [1.82, 2.24) is 4.90 Å². The minimum absolute atomic E-state index is 0.990. The molecular weight excluding hydrogens is 313 g/mol. The lowest BCUT2D eigenvalue weighted by molar-refractivity contribution is 0.421. The Labute approximate surface area is 111 Å². The van der Waals surface area contributed by atoms with Gasteiger partial charge in [0, 0.05) is 15.8 Å². The molecule has 1 aromatic carbocycles. The zero-order valence-electron chi connectivity index (χ0n) is 10.00. The molecule has 1 rings (SSSR count). The highest BCUT2D eigenvalue weighted by atomic mass is 127. The van der Waals surface area contributed by atoms with E-state index in [1.807, 2.05) is 19.1 Å². The molecule has 0 aliphatic rings. The molecule has 16 heavy (non-hydrogen) atoms. The number of benzene rings is 1. The van der Waals surface area contributed by atoms with Crippen LogP contribution in [0.2, 0.25) is 0 Å². The van der Waals surface area contributed by atoms with E-state index in [9.17, 15) is 0 Å². The van der Waals surface area contributed by atoms with Crippen molar-refractivity contribution in [3.63, 3.8) is 0 Å². The summed E-state index contributed by atoms with van der Waals surface area (Å²) < 4.78 is 1.23. The van der Waals surface area contributed by atoms with Crippen molar-refractivity contribution in [3.8, 4) is 0 Å². The molecule has 1 N–H and O–H groups in total. The van der Waals surface area contributed by atoms with Crippen molar-refractivity contribution >= 4 is 34.0 Å². The molecule has 0 atom stereocenters. The van der Waals surface area contributed by atoms with Crippen LogP contribution in [0, 0.1) is 3.57 Å². The number of anilines is 1. The summed E-state index contributed by atoms with van der Waals surface area (Å²) in [7, 11) is 4.14. The molecule has 0 aliphatic heterocycles. The lowest BCUT2D eigenvalue weighted by atomic mass is 10.3. The number of nitrogens with one attached hydrogen (secondary N) is 1. The van der Waals surface area contributed by atoms with E-state index in [0.29, 0.717) is 0 Å². The number of hydrogen-bond donors (Lipinski definition) is 1. The third-order valence-electron chi connectivity index (χ3n) is 2.14. The molecule has 0 unspecified atom stereocenters. The molecule has 0 amide bonds. The summed E-state index contributed by atoms with van der Waals surface area (Å²) in [6, 6.07) is 8.19. The molecular formula is C12H18IN3. The predicted molar refractivity (Wildman–Crippen MR) is 79.1 cm³/mol. The van der Waals surface area contributed by atoms with E-state index < -0.39 is 0 Å². The largest absolute Gasteiger partial charge is 0.309 e. The van der Waals surface area contributed by atoms with Crippen molar-refractivity contribution in [2.24, 2.45) is 5.10 Å². The van der Waals surface area contributed by atoms with Crippen LogP contribution in [-0.4, -0.2) is 31.3 Å². The van der Waals surface area contributed by atoms with Gasteiger partial charge in [-0.1, -0.05) is 0 Å². The van der Waals surface area contributed by atoms with E-state index in [4.69, 9.17) is 0 Å². The maximum absolute atomic E-state index is 4.33. The van der Waals surface area contributed by atoms with Gasteiger partial charge < -0.3 is 4.90 Å². The first-order valence-corrected chi connectivity index (χ1v) is 6.35. The average Bonchev–Trinajstić information content (AvgIpc) is 2.25. The van der Waals surface area contributed by atoms with Crippen molar-refractivity contribution in [2.45, 2.75) is 13.3 Å². The Balaban J connectivity index is 2.43. The zero-order chi connectivity index (χ0) is 12.0. The molecule has 0 saturated carbocycles. The highest BCUT2D eigenvalue weighted by Gasteiger charge is 1.95. The van der Waals surface area contributed by atoms with Gasteiger partial charge in [-0.3, -0.25) is 5.43 Å². The monoisotopic (exact) mass is 331 g/mol. The van der Waals surface area contributed by atoms with Gasteiger partial charge in [0.15, 0.2) is 0 Å². The first-order valence-electron chi connectivity index (χ1n) is 5.27. The summed E-state index contributed by atoms with van der Waals surface area (Å²) in [6.07, 6.45) is 0.990. The van der Waals surface area contributed by atoms with E-state index >= 15 is 0 Å². The molecule has 0 aromatic heterocycles. The third-order valence-corrected chi connectivity index (χ3v) is 2.86. The first-order chi connectivity index (χ1) is 7.58. The maximum Gasteiger partial charge on any atom is 0.0562 e. The molecule has 0 radical (unpaired) electrons. The maximum atomic E-state index is 4.33. The van der Waals surface area contributed by atoms with E-state index in [1.54, 1.807) is 0 Å². The number of hydrazone groups is 1. The number of nitrogens with zero attached hydrogens (tertiary/aromatic N) is 2. The topological polar surface area (TPSA) is 27.6 Å². The van der Waals surface area contributed by atoms with E-state index in [1.165, 1.54) is 3.57 Å². The molecule has 1 aromatic rings. The Hall–Kier alpha value is -0.620. The minimum Gasteiger partial charge on any atom is -0.309 e. The van der Waals surface area contributed by atoms with E-state index in [-0.39, 0.29) is 0 Å². The Kier molecular flexibility index (Phi) is 5.76. The van der Waals surface area contributed by atoms with Crippen LogP contribution in [0.5, 0.6) is 0 Å². The quantitative estimate of drug-likeness (QED) is 0.510. The molecule has 0 bridgehead atoms. The van der Waals surface area contributed by atoms with Crippen LogP contribution in [0.15, 0.2) is 29.4 Å². The Morgan fingerprint density at radius 3 is 2.50 bits per heavy atom. The molecule has 4 heteroatoms. The smallest absolute Gasteiger partial charge is 0.0562 e. The van der Waals surface area contributed by atoms with Crippen LogP contribution in [0.4, 0.5) is 5.69 Å². The minimum atomic E-state index is 0.990. The van der Waals surface area contributed by atoms with Crippen molar-refractivity contribution < 1.29 is 0 Å². The lowest BCUT2D eigenvalue weighted by Crippen LogP contribution is -2.15. The van der Waals surface area contributed by atoms with Gasteiger partial charge in [-0.05, 0) is 74.3 Å². The Morgan fingerprint density at radius 1 is 1.31 bits per heavy atom. The number of rotatable bonds is 5. The second kappa shape index (κ2) is 6.85. The molecule has 3 nitrogen and oxygen atoms in total. The fourth-order valence-corrected chi connectivity index (χ4v) is 1.49. The fourth-order valence-electron chi connectivity index (χ4n) is 1.13. The van der Waals surface area contributed by atoms with Crippen molar-refractivity contribution in [2.75, 3.05) is 26.1 Å². The highest BCUT2D eigenvalue weighted by Crippen LogP contribution is 2.10. The van der Waals surface area contributed by atoms with Crippen LogP contribution in [0.3, 0.4) is 0 Å². The van der Waals surface area contributed by atoms with E-state index in [2.05, 4.69) is 64.2 Å².